The van der Waals surface area contributed by atoms with Crippen molar-refractivity contribution in [1.29, 1.82) is 0 Å². The van der Waals surface area contributed by atoms with E-state index in [1.165, 1.54) is 12.1 Å². The maximum atomic E-state index is 12.4. The SMILES string of the molecule is O=C1CN(c2ccc(NS(=O)(=O)c3cc(Cl)sc3Cl)cc2Cl)CCN1. The van der Waals surface area contributed by atoms with Crippen LogP contribution >= 0.6 is 46.1 Å². The molecule has 1 fully saturated rings. The van der Waals surface area contributed by atoms with Gasteiger partial charge in [0.05, 0.1) is 27.3 Å². The molecule has 11 heteroatoms. The molecule has 1 amide bonds. The number of hydrogen-bond donors (Lipinski definition) is 2. The van der Waals surface area contributed by atoms with Crippen molar-refractivity contribution in [3.05, 3.63) is 38.0 Å². The van der Waals surface area contributed by atoms with Crippen LogP contribution in [0.15, 0.2) is 29.2 Å². The molecule has 0 atom stereocenters. The molecule has 25 heavy (non-hydrogen) atoms. The fourth-order valence-corrected chi connectivity index (χ4v) is 5.89. The summed E-state index contributed by atoms with van der Waals surface area (Å²) in [5.74, 6) is -0.0870. The van der Waals surface area contributed by atoms with Crippen molar-refractivity contribution in [2.45, 2.75) is 4.90 Å². The fourth-order valence-electron chi connectivity index (χ4n) is 2.39. The zero-order valence-corrected chi connectivity index (χ0v) is 16.5. The first kappa shape index (κ1) is 18.6. The molecule has 1 aromatic heterocycles. The number of hydrogen-bond acceptors (Lipinski definition) is 5. The van der Waals surface area contributed by atoms with E-state index in [1.54, 1.807) is 12.1 Å². The number of sulfonamides is 1. The topological polar surface area (TPSA) is 78.5 Å². The second-order valence-corrected chi connectivity index (χ2v) is 9.58. The molecule has 1 saturated heterocycles. The minimum atomic E-state index is -3.88. The summed E-state index contributed by atoms with van der Waals surface area (Å²) < 4.78 is 27.6. The maximum Gasteiger partial charge on any atom is 0.264 e. The van der Waals surface area contributed by atoms with Crippen LogP contribution < -0.4 is 14.9 Å². The average Bonchev–Trinajstić information content (AvgIpc) is 2.86. The lowest BCUT2D eigenvalue weighted by Crippen LogP contribution is -2.47. The van der Waals surface area contributed by atoms with Gasteiger partial charge < -0.3 is 10.2 Å². The lowest BCUT2D eigenvalue weighted by molar-refractivity contribution is -0.120. The highest BCUT2D eigenvalue weighted by atomic mass is 35.5. The van der Waals surface area contributed by atoms with E-state index in [9.17, 15) is 13.2 Å². The van der Waals surface area contributed by atoms with E-state index < -0.39 is 10.0 Å². The summed E-state index contributed by atoms with van der Waals surface area (Å²) in [6.45, 7) is 1.36. The quantitative estimate of drug-likeness (QED) is 0.763. The van der Waals surface area contributed by atoms with E-state index in [0.29, 0.717) is 23.8 Å². The predicted octanol–water partition coefficient (Wildman–Crippen LogP) is 3.45. The first-order chi connectivity index (χ1) is 11.8. The molecule has 0 aliphatic carbocycles. The van der Waals surface area contributed by atoms with Crippen LogP contribution in [0, 0.1) is 0 Å². The van der Waals surface area contributed by atoms with Gasteiger partial charge in [0.2, 0.25) is 5.91 Å². The molecular weight excluding hydrogens is 429 g/mol. The van der Waals surface area contributed by atoms with Crippen molar-refractivity contribution in [2.24, 2.45) is 0 Å². The van der Waals surface area contributed by atoms with Crippen molar-refractivity contribution < 1.29 is 13.2 Å². The Balaban J connectivity index is 1.83. The molecule has 1 aliphatic rings. The minimum absolute atomic E-state index is 0.0829. The molecule has 2 N–H and O–H groups in total. The Labute approximate surface area is 163 Å². The normalized spacial score (nSPS) is 15.2. The number of anilines is 2. The standard InChI is InChI=1S/C14H12Cl3N3O3S2/c15-9-5-8(1-2-10(9)20-4-3-18-13(21)7-20)19-25(22,23)11-6-12(16)24-14(11)17/h1-2,5-6,19H,3-4,7H2,(H,18,21). The molecule has 3 rings (SSSR count). The third kappa shape index (κ3) is 4.15. The number of carbonyl (C=O) groups is 1. The Morgan fingerprint density at radius 3 is 2.56 bits per heavy atom. The third-order valence-corrected chi connectivity index (χ3v) is 6.93. The third-order valence-electron chi connectivity index (χ3n) is 3.49. The molecule has 0 radical (unpaired) electrons. The largest absolute Gasteiger partial charge is 0.359 e. The molecule has 1 aliphatic heterocycles. The molecule has 2 heterocycles. The number of thiophene rings is 1. The van der Waals surface area contributed by atoms with E-state index in [2.05, 4.69) is 10.0 Å². The van der Waals surface area contributed by atoms with Gasteiger partial charge in [-0.15, -0.1) is 11.3 Å². The van der Waals surface area contributed by atoms with E-state index in [1.807, 2.05) is 4.90 Å². The number of nitrogens with one attached hydrogen (secondary N) is 2. The molecule has 0 spiro atoms. The Bertz CT molecular complexity index is 931. The van der Waals surface area contributed by atoms with E-state index in [0.717, 1.165) is 11.3 Å². The highest BCUT2D eigenvalue weighted by Gasteiger charge is 2.23. The van der Waals surface area contributed by atoms with E-state index in [-0.39, 0.29) is 31.7 Å². The van der Waals surface area contributed by atoms with Gasteiger partial charge in [-0.3, -0.25) is 9.52 Å². The number of benzene rings is 1. The Kier molecular flexibility index (Phi) is 5.36. The van der Waals surface area contributed by atoms with Gasteiger partial charge in [-0.2, -0.15) is 0 Å². The zero-order chi connectivity index (χ0) is 18.2. The number of piperazine rings is 1. The average molecular weight is 441 g/mol. The molecular formula is C14H12Cl3N3O3S2. The van der Waals surface area contributed by atoms with Gasteiger partial charge in [-0.25, -0.2) is 8.42 Å². The molecule has 134 valence electrons. The maximum absolute atomic E-state index is 12.4. The van der Waals surface area contributed by atoms with Gasteiger partial charge in [0, 0.05) is 13.1 Å². The summed E-state index contributed by atoms with van der Waals surface area (Å²) in [6, 6.07) is 6.02. The van der Waals surface area contributed by atoms with Crippen molar-refractivity contribution in [3.8, 4) is 0 Å². The van der Waals surface area contributed by atoms with Crippen molar-refractivity contribution in [3.63, 3.8) is 0 Å². The van der Waals surface area contributed by atoms with Crippen molar-refractivity contribution in [1.82, 2.24) is 5.32 Å². The first-order valence-corrected chi connectivity index (χ1v) is 10.5. The minimum Gasteiger partial charge on any atom is -0.359 e. The molecule has 2 aromatic rings. The summed E-state index contributed by atoms with van der Waals surface area (Å²) in [6.07, 6.45) is 0. The predicted molar refractivity (Wildman–Crippen MR) is 102 cm³/mol. The monoisotopic (exact) mass is 439 g/mol. The van der Waals surface area contributed by atoms with E-state index >= 15 is 0 Å². The Hall–Kier alpha value is -1.19. The van der Waals surface area contributed by atoms with Gasteiger partial charge >= 0.3 is 0 Å². The highest BCUT2D eigenvalue weighted by Crippen LogP contribution is 2.36. The fraction of sp³-hybridized carbons (Fsp3) is 0.214. The number of amides is 1. The summed E-state index contributed by atoms with van der Waals surface area (Å²) in [5.41, 5.74) is 0.949. The van der Waals surface area contributed by atoms with Gasteiger partial charge in [0.25, 0.3) is 10.0 Å². The van der Waals surface area contributed by atoms with Gasteiger partial charge in [0.1, 0.15) is 9.23 Å². The van der Waals surface area contributed by atoms with Crippen LogP contribution in [-0.2, 0) is 14.8 Å². The number of carbonyl (C=O) groups excluding carboxylic acids is 1. The van der Waals surface area contributed by atoms with Gasteiger partial charge in [-0.05, 0) is 24.3 Å². The summed E-state index contributed by atoms with van der Waals surface area (Å²) in [7, 11) is -3.88. The smallest absolute Gasteiger partial charge is 0.264 e. The van der Waals surface area contributed by atoms with E-state index in [4.69, 9.17) is 34.8 Å². The number of halogens is 3. The lowest BCUT2D eigenvalue weighted by atomic mass is 10.2. The van der Waals surface area contributed by atoms with Gasteiger partial charge in [-0.1, -0.05) is 34.8 Å². The molecule has 0 unspecified atom stereocenters. The van der Waals surface area contributed by atoms with Crippen LogP contribution in [0.2, 0.25) is 13.7 Å². The number of rotatable bonds is 4. The summed E-state index contributed by atoms with van der Waals surface area (Å²) in [5, 5.41) is 3.07. The van der Waals surface area contributed by atoms with Crippen LogP contribution in [0.1, 0.15) is 0 Å². The highest BCUT2D eigenvalue weighted by molar-refractivity contribution is 7.93. The molecule has 0 bridgehead atoms. The zero-order valence-electron chi connectivity index (χ0n) is 12.6. The van der Waals surface area contributed by atoms with Crippen LogP contribution in [0.25, 0.3) is 0 Å². The van der Waals surface area contributed by atoms with Crippen LogP contribution in [0.3, 0.4) is 0 Å². The van der Waals surface area contributed by atoms with Crippen molar-refractivity contribution in [2.75, 3.05) is 29.3 Å². The lowest BCUT2D eigenvalue weighted by Gasteiger charge is -2.29. The van der Waals surface area contributed by atoms with Crippen LogP contribution in [0.4, 0.5) is 11.4 Å². The van der Waals surface area contributed by atoms with Crippen molar-refractivity contribution >= 4 is 73.4 Å². The second-order valence-electron chi connectivity index (χ2n) is 5.23. The summed E-state index contributed by atoms with van der Waals surface area (Å²) in [4.78, 5) is 13.2. The molecule has 0 saturated carbocycles. The first-order valence-electron chi connectivity index (χ1n) is 7.05. The van der Waals surface area contributed by atoms with Gasteiger partial charge in [0.15, 0.2) is 0 Å². The van der Waals surface area contributed by atoms with Crippen LogP contribution in [0.5, 0.6) is 0 Å². The molecule has 1 aromatic carbocycles. The summed E-state index contributed by atoms with van der Waals surface area (Å²) >= 11 is 19.0. The molecule has 6 nitrogen and oxygen atoms in total. The second kappa shape index (κ2) is 7.20. The number of nitrogens with zero attached hydrogens (tertiary/aromatic N) is 1. The Morgan fingerprint density at radius 2 is 1.96 bits per heavy atom. The van der Waals surface area contributed by atoms with Crippen LogP contribution in [-0.4, -0.2) is 34.0 Å². The Morgan fingerprint density at radius 1 is 1.20 bits per heavy atom.